The molecule has 0 saturated carbocycles. The normalized spacial score (nSPS) is 13.4. The van der Waals surface area contributed by atoms with Gasteiger partial charge in [-0.15, -0.1) is 0 Å². The number of hydrogen-bond acceptors (Lipinski definition) is 11. The second-order valence-corrected chi connectivity index (χ2v) is 14.8. The van der Waals surface area contributed by atoms with E-state index >= 15 is 0 Å². The molecule has 0 aliphatic carbocycles. The molecule has 0 unspecified atom stereocenters. The van der Waals surface area contributed by atoms with Gasteiger partial charge in [0.15, 0.2) is 11.6 Å². The quantitative estimate of drug-likeness (QED) is 0.162. The number of aliphatic hydroxyl groups is 2. The summed E-state index contributed by atoms with van der Waals surface area (Å²) in [4.78, 5) is 74.6. The van der Waals surface area contributed by atoms with Crippen LogP contribution in [0.1, 0.15) is 119 Å². The summed E-state index contributed by atoms with van der Waals surface area (Å²) in [6.45, 7) is 14.9. The smallest absolute Gasteiger partial charge is 0.413 e. The molecule has 2 aliphatic heterocycles. The summed E-state index contributed by atoms with van der Waals surface area (Å²) in [5.74, 6) is -0.371. The van der Waals surface area contributed by atoms with Crippen molar-refractivity contribution in [1.82, 2.24) is 15.1 Å². The van der Waals surface area contributed by atoms with Crippen molar-refractivity contribution in [1.29, 1.82) is 0 Å². The fraction of sp³-hybridized carbons (Fsp3) is 0.465. The van der Waals surface area contributed by atoms with Crippen molar-refractivity contribution in [2.75, 3.05) is 39.4 Å². The van der Waals surface area contributed by atoms with Crippen LogP contribution in [0, 0.1) is 0 Å². The number of rotatable bonds is 14. The topological polar surface area (TPSA) is 204 Å². The van der Waals surface area contributed by atoms with E-state index in [0.29, 0.717) is 71.2 Å². The Morgan fingerprint density at radius 1 is 0.702 bits per heavy atom. The van der Waals surface area contributed by atoms with Crippen LogP contribution in [0.4, 0.5) is 16.2 Å². The molecule has 308 valence electrons. The second-order valence-electron chi connectivity index (χ2n) is 14.8. The van der Waals surface area contributed by atoms with E-state index in [9.17, 15) is 29.1 Å². The van der Waals surface area contributed by atoms with Gasteiger partial charge < -0.3 is 30.5 Å². The zero-order valence-electron chi connectivity index (χ0n) is 34.3. The van der Waals surface area contributed by atoms with Gasteiger partial charge in [0.25, 0.3) is 0 Å². The van der Waals surface area contributed by atoms with Crippen LogP contribution in [-0.4, -0.2) is 106 Å². The molecule has 14 nitrogen and oxygen atoms in total. The van der Waals surface area contributed by atoms with Gasteiger partial charge in [-0.05, 0) is 70.7 Å². The minimum atomic E-state index is -0.693. The van der Waals surface area contributed by atoms with Crippen molar-refractivity contribution in [3.05, 3.63) is 69.8 Å². The van der Waals surface area contributed by atoms with Crippen molar-refractivity contribution in [3.63, 3.8) is 0 Å². The number of fused-ring (bicyclic) bond motifs is 2. The van der Waals surface area contributed by atoms with E-state index in [4.69, 9.17) is 15.6 Å². The lowest BCUT2D eigenvalue weighted by atomic mass is 10.0. The van der Waals surface area contributed by atoms with Crippen LogP contribution in [0.3, 0.4) is 0 Å². The van der Waals surface area contributed by atoms with Crippen LogP contribution in [0.25, 0.3) is 12.2 Å². The summed E-state index contributed by atoms with van der Waals surface area (Å²) in [6.07, 6.45) is 6.72. The number of Topliss-reactive ketones (excluding diaryl/α,β-unsaturated/α-hetero) is 2. The number of aliphatic imine (C=N–C) groups is 2. The summed E-state index contributed by atoms with van der Waals surface area (Å²) in [6, 6.07) is 9.79. The molecule has 5 N–H and O–H groups in total. The molecule has 0 bridgehead atoms. The number of benzene rings is 2. The van der Waals surface area contributed by atoms with Gasteiger partial charge in [0.1, 0.15) is 30.5 Å². The number of ketones is 2. The van der Waals surface area contributed by atoms with E-state index in [1.165, 1.54) is 0 Å². The highest BCUT2D eigenvalue weighted by Gasteiger charge is 2.25. The van der Waals surface area contributed by atoms with Crippen molar-refractivity contribution in [2.45, 2.75) is 92.6 Å². The lowest BCUT2D eigenvalue weighted by Crippen LogP contribution is -2.38. The first-order valence-electron chi connectivity index (χ1n) is 19.5. The van der Waals surface area contributed by atoms with Crippen LogP contribution in [0.2, 0.25) is 0 Å². The molecular weight excluding hydrogens is 729 g/mol. The number of carbonyl (C=O) groups is 5. The number of hydrogen-bond donors (Lipinski definition) is 4. The Morgan fingerprint density at radius 3 is 1.53 bits per heavy atom. The van der Waals surface area contributed by atoms with Crippen molar-refractivity contribution in [2.24, 2.45) is 15.7 Å². The molecule has 0 fully saturated rings. The van der Waals surface area contributed by atoms with Crippen LogP contribution >= 0.6 is 0 Å². The molecule has 0 spiro atoms. The fourth-order valence-corrected chi connectivity index (χ4v) is 6.17. The van der Waals surface area contributed by atoms with Gasteiger partial charge in [-0.2, -0.15) is 0 Å². The number of alkyl carbamates (subject to hydrolysis) is 1. The lowest BCUT2D eigenvalue weighted by molar-refractivity contribution is -0.128. The Labute approximate surface area is 335 Å². The number of nitrogens with zero attached hydrogens (tertiary/aromatic N) is 4. The Bertz CT molecular complexity index is 1910. The van der Waals surface area contributed by atoms with Gasteiger partial charge >= 0.3 is 6.09 Å². The number of nitrogens with two attached hydrogens (primary N) is 1. The van der Waals surface area contributed by atoms with E-state index in [0.717, 1.165) is 31.2 Å². The highest BCUT2D eigenvalue weighted by Crippen LogP contribution is 2.30. The predicted molar refractivity (Wildman–Crippen MR) is 223 cm³/mol. The largest absolute Gasteiger partial charge is 0.444 e. The number of carbonyl (C=O) groups excluding carboxylic acids is 5. The average Bonchev–Trinajstić information content (AvgIpc) is 3.45. The first kappa shape index (κ1) is 45.9. The van der Waals surface area contributed by atoms with E-state index in [1.54, 1.807) is 74.2 Å². The summed E-state index contributed by atoms with van der Waals surface area (Å²) in [5.41, 5.74) is 9.41. The molecule has 0 radical (unpaired) electrons. The third-order valence-corrected chi connectivity index (χ3v) is 8.64. The second kappa shape index (κ2) is 21.7. The molecule has 57 heavy (non-hydrogen) atoms. The first-order chi connectivity index (χ1) is 27.1. The minimum Gasteiger partial charge on any atom is -0.444 e. The predicted octanol–water partition coefficient (Wildman–Crippen LogP) is 6.14. The van der Waals surface area contributed by atoms with E-state index in [1.807, 2.05) is 32.6 Å². The van der Waals surface area contributed by atoms with Gasteiger partial charge in [0, 0.05) is 72.4 Å². The molecule has 2 heterocycles. The van der Waals surface area contributed by atoms with E-state index < -0.39 is 30.7 Å². The Kier molecular flexibility index (Phi) is 17.5. The highest BCUT2D eigenvalue weighted by molar-refractivity contribution is 6.09. The minimum absolute atomic E-state index is 0.0230. The Balaban J connectivity index is 0.000000315. The van der Waals surface area contributed by atoms with Crippen LogP contribution < -0.4 is 11.1 Å². The van der Waals surface area contributed by atoms with Crippen LogP contribution in [0.5, 0.6) is 0 Å². The molecule has 3 amide bonds. The first-order valence-corrected chi connectivity index (χ1v) is 19.5. The molecule has 2 aromatic rings. The van der Waals surface area contributed by atoms with Crippen LogP contribution in [-0.2, 0) is 14.3 Å². The number of amides is 3. The van der Waals surface area contributed by atoms with Crippen molar-refractivity contribution < 1.29 is 38.9 Å². The Hall–Kier alpha value is -5.47. The van der Waals surface area contributed by atoms with E-state index in [-0.39, 0.29) is 36.3 Å². The van der Waals surface area contributed by atoms with Gasteiger partial charge in [0.05, 0.1) is 11.4 Å². The lowest BCUT2D eigenvalue weighted by Gasteiger charge is -2.23. The van der Waals surface area contributed by atoms with Gasteiger partial charge in [-0.1, -0.05) is 52.0 Å². The zero-order chi connectivity index (χ0) is 42.3. The van der Waals surface area contributed by atoms with Crippen LogP contribution in [0.15, 0.2) is 57.5 Å². The molecular formula is C43H58N6O8. The summed E-state index contributed by atoms with van der Waals surface area (Å²) >= 11 is 0. The zero-order valence-corrected chi connectivity index (χ0v) is 34.3. The maximum atomic E-state index is 13.3. The monoisotopic (exact) mass is 786 g/mol. The Morgan fingerprint density at radius 2 is 1.12 bits per heavy atom. The third kappa shape index (κ3) is 13.6. The summed E-state index contributed by atoms with van der Waals surface area (Å²) in [5, 5.41) is 20.8. The number of amidine groups is 2. The fourth-order valence-electron chi connectivity index (χ4n) is 6.17. The molecule has 0 aromatic heterocycles. The number of nitrogens with one attached hydrogen (secondary N) is 1. The van der Waals surface area contributed by atoms with Gasteiger partial charge in [-0.25, -0.2) is 14.8 Å². The number of aliphatic hydroxyl groups excluding tert-OH is 2. The molecule has 2 aliphatic rings. The SMILES string of the molecule is CCCN(CCC)C(=O)C1=Cc2ccc(C(=O)CO)cc2N=C(N)C1.CCCN(CCC)C(=O)C1=Cc2ccc(C(=O)CO)cc2N=C(NC(=O)OC(C)(C)C)C1. The number of ether oxygens (including phenoxy) is 1. The highest BCUT2D eigenvalue weighted by atomic mass is 16.6. The standard InChI is InChI=1S/C24H33N3O5.C19H25N3O3/c1-6-10-27(11-7-2)22(30)18-12-16-8-9-17(20(29)15-28)13-19(16)25-21(14-18)26-23(31)32-24(3,4)5;1-3-7-22(8-4-2)19(25)15-9-13-5-6-14(17(24)12-23)10-16(13)21-18(20)11-15/h8-9,12-13,28H,6-7,10-11,14-15H2,1-5H3,(H,25,26,31);5-6,9-10,23H,3-4,7-8,11-12H2,1-2H3,(H2,20,21). The van der Waals surface area contributed by atoms with Crippen molar-refractivity contribution in [3.8, 4) is 0 Å². The van der Waals surface area contributed by atoms with Gasteiger partial charge in [-0.3, -0.25) is 24.5 Å². The maximum Gasteiger partial charge on any atom is 0.413 e. The molecule has 0 saturated heterocycles. The van der Waals surface area contributed by atoms with E-state index in [2.05, 4.69) is 15.3 Å². The average molecular weight is 787 g/mol. The molecule has 0 atom stereocenters. The summed E-state index contributed by atoms with van der Waals surface area (Å²) < 4.78 is 5.34. The molecule has 4 rings (SSSR count). The third-order valence-electron chi connectivity index (χ3n) is 8.64. The molecule has 2 aromatic carbocycles. The van der Waals surface area contributed by atoms with Crippen molar-refractivity contribution >= 4 is 64.7 Å². The summed E-state index contributed by atoms with van der Waals surface area (Å²) in [7, 11) is 0. The molecule has 14 heteroatoms. The maximum absolute atomic E-state index is 13.3. The van der Waals surface area contributed by atoms with Gasteiger partial charge in [0.2, 0.25) is 11.8 Å².